The maximum Gasteiger partial charge on any atom is 0.203 e. The molecule has 32 heavy (non-hydrogen) atoms. The summed E-state index contributed by atoms with van der Waals surface area (Å²) in [5, 5.41) is 10.5. The zero-order valence-electron chi connectivity index (χ0n) is 19.3. The van der Waals surface area contributed by atoms with E-state index in [1.165, 1.54) is 5.00 Å². The van der Waals surface area contributed by atoms with Gasteiger partial charge < -0.3 is 29.7 Å². The molecule has 1 aliphatic rings. The van der Waals surface area contributed by atoms with E-state index in [2.05, 4.69) is 40.0 Å². The van der Waals surface area contributed by atoms with Gasteiger partial charge in [0.2, 0.25) is 5.75 Å². The molecule has 0 spiro atoms. The van der Waals surface area contributed by atoms with Crippen LogP contribution in [0.25, 0.3) is 0 Å². The Labute approximate surface area is 212 Å². The van der Waals surface area contributed by atoms with E-state index in [0.717, 1.165) is 50.4 Å². The number of nitrogens with zero attached hydrogens (tertiary/aromatic N) is 2. The van der Waals surface area contributed by atoms with Crippen LogP contribution in [0.2, 0.25) is 0 Å². The molecule has 9 heteroatoms. The Morgan fingerprint density at radius 2 is 1.84 bits per heavy atom. The zero-order chi connectivity index (χ0) is 22.1. The van der Waals surface area contributed by atoms with E-state index in [1.54, 1.807) is 21.3 Å². The number of methoxy groups -OCH3 is 3. The summed E-state index contributed by atoms with van der Waals surface area (Å²) >= 11 is 1.81. The van der Waals surface area contributed by atoms with Crippen LogP contribution in [0.3, 0.4) is 0 Å². The largest absolute Gasteiger partial charge is 0.493 e. The summed E-state index contributed by atoms with van der Waals surface area (Å²) in [5.41, 5.74) is 1.05. The fourth-order valence-electron chi connectivity index (χ4n) is 3.86. The number of guanidine groups is 1. The van der Waals surface area contributed by atoms with Crippen molar-refractivity contribution in [3.63, 3.8) is 0 Å². The first kappa shape index (κ1) is 26.4. The first-order valence-electron chi connectivity index (χ1n) is 10.8. The number of hydrogen-bond acceptors (Lipinski definition) is 6. The van der Waals surface area contributed by atoms with Gasteiger partial charge in [-0.15, -0.1) is 35.3 Å². The topological polar surface area (TPSA) is 67.4 Å². The second kappa shape index (κ2) is 13.6. The minimum atomic E-state index is 0. The van der Waals surface area contributed by atoms with Crippen molar-refractivity contribution in [2.45, 2.75) is 32.2 Å². The van der Waals surface area contributed by atoms with Crippen molar-refractivity contribution in [3.8, 4) is 17.2 Å². The van der Waals surface area contributed by atoms with Crippen molar-refractivity contribution in [1.29, 1.82) is 0 Å². The third-order valence-corrected chi connectivity index (χ3v) is 6.36. The number of halogens is 1. The van der Waals surface area contributed by atoms with Crippen LogP contribution >= 0.6 is 35.3 Å². The number of aliphatic imine (C=N–C) groups is 1. The molecule has 0 aliphatic carbocycles. The Bertz CT molecular complexity index is 840. The molecule has 1 aromatic heterocycles. The van der Waals surface area contributed by atoms with Gasteiger partial charge in [0, 0.05) is 37.8 Å². The minimum Gasteiger partial charge on any atom is -0.493 e. The van der Waals surface area contributed by atoms with E-state index in [9.17, 15) is 0 Å². The first-order valence-corrected chi connectivity index (χ1v) is 11.7. The Morgan fingerprint density at radius 1 is 1.09 bits per heavy atom. The highest BCUT2D eigenvalue weighted by Gasteiger charge is 2.21. The SMILES string of the molecule is CCNC(=NCCc1ccc(OC)c(OC)c1OC)NC1CCN(c2cccs2)CC1.I. The van der Waals surface area contributed by atoms with Crippen molar-refractivity contribution in [3.05, 3.63) is 35.2 Å². The Balaban J connectivity index is 0.00000363. The van der Waals surface area contributed by atoms with Crippen LogP contribution in [0, 0.1) is 0 Å². The fraction of sp³-hybridized carbons (Fsp3) is 0.522. The Morgan fingerprint density at radius 3 is 2.44 bits per heavy atom. The third-order valence-electron chi connectivity index (χ3n) is 5.43. The van der Waals surface area contributed by atoms with E-state index in [4.69, 9.17) is 19.2 Å². The number of thiophene rings is 1. The van der Waals surface area contributed by atoms with Gasteiger partial charge in [-0.2, -0.15) is 0 Å². The smallest absolute Gasteiger partial charge is 0.203 e. The third kappa shape index (κ3) is 6.81. The number of benzene rings is 1. The molecular weight excluding hydrogens is 539 g/mol. The molecule has 2 N–H and O–H groups in total. The Kier molecular flexibility index (Phi) is 11.2. The maximum atomic E-state index is 5.59. The fourth-order valence-corrected chi connectivity index (χ4v) is 4.64. The molecule has 0 bridgehead atoms. The van der Waals surface area contributed by atoms with Gasteiger partial charge in [-0.05, 0) is 49.8 Å². The average molecular weight is 575 g/mol. The molecule has 0 saturated carbocycles. The van der Waals surface area contributed by atoms with Crippen LogP contribution in [0.1, 0.15) is 25.3 Å². The lowest BCUT2D eigenvalue weighted by Crippen LogP contribution is -2.48. The summed E-state index contributed by atoms with van der Waals surface area (Å²) in [6.45, 7) is 5.71. The quantitative estimate of drug-likeness (QED) is 0.267. The number of ether oxygens (including phenoxy) is 3. The normalized spacial score (nSPS) is 14.5. The summed E-state index contributed by atoms with van der Waals surface area (Å²) in [5.74, 6) is 2.86. The summed E-state index contributed by atoms with van der Waals surface area (Å²) in [7, 11) is 4.90. The molecule has 2 aromatic rings. The molecule has 1 fully saturated rings. The van der Waals surface area contributed by atoms with Gasteiger partial charge in [0.1, 0.15) is 0 Å². The molecule has 1 aromatic carbocycles. The predicted molar refractivity (Wildman–Crippen MR) is 144 cm³/mol. The summed E-state index contributed by atoms with van der Waals surface area (Å²) in [6, 6.07) is 8.67. The second-order valence-electron chi connectivity index (χ2n) is 7.36. The molecule has 0 unspecified atom stereocenters. The molecule has 7 nitrogen and oxygen atoms in total. The molecule has 3 rings (SSSR count). The van der Waals surface area contributed by atoms with Gasteiger partial charge in [-0.25, -0.2) is 0 Å². The molecule has 0 atom stereocenters. The van der Waals surface area contributed by atoms with E-state index < -0.39 is 0 Å². The van der Waals surface area contributed by atoms with Crippen molar-refractivity contribution >= 4 is 46.3 Å². The van der Waals surface area contributed by atoms with Crippen molar-refractivity contribution in [2.75, 3.05) is 52.4 Å². The van der Waals surface area contributed by atoms with Crippen LogP contribution in [-0.2, 0) is 6.42 Å². The van der Waals surface area contributed by atoms with Crippen molar-refractivity contribution in [1.82, 2.24) is 10.6 Å². The lowest BCUT2D eigenvalue weighted by molar-refractivity contribution is 0.322. The molecular formula is C23H35IN4O3S. The van der Waals surface area contributed by atoms with Gasteiger partial charge in [-0.3, -0.25) is 4.99 Å². The molecule has 2 heterocycles. The molecule has 1 aliphatic heterocycles. The van der Waals surface area contributed by atoms with Crippen LogP contribution in [0.15, 0.2) is 34.6 Å². The molecule has 178 valence electrons. The zero-order valence-corrected chi connectivity index (χ0v) is 22.5. The van der Waals surface area contributed by atoms with Gasteiger partial charge in [0.15, 0.2) is 17.5 Å². The average Bonchev–Trinajstić information content (AvgIpc) is 3.34. The molecule has 0 radical (unpaired) electrons. The summed E-state index contributed by atoms with van der Waals surface area (Å²) < 4.78 is 16.4. The summed E-state index contributed by atoms with van der Waals surface area (Å²) in [4.78, 5) is 7.27. The maximum absolute atomic E-state index is 5.59. The van der Waals surface area contributed by atoms with Crippen LogP contribution in [0.4, 0.5) is 5.00 Å². The lowest BCUT2D eigenvalue weighted by atomic mass is 10.1. The number of anilines is 1. The molecule has 0 amide bonds. The standard InChI is InChI=1S/C23H34N4O3S.HI/c1-5-24-23(26-18-11-14-27(15-12-18)20-7-6-16-31-20)25-13-10-17-8-9-19(28-2)22(30-4)21(17)29-3;/h6-9,16,18H,5,10-15H2,1-4H3,(H2,24,25,26);1H. The van der Waals surface area contributed by atoms with Gasteiger partial charge in [-0.1, -0.05) is 6.07 Å². The van der Waals surface area contributed by atoms with E-state index >= 15 is 0 Å². The van der Waals surface area contributed by atoms with E-state index in [0.29, 0.717) is 29.8 Å². The Hall–Kier alpha value is -1.88. The van der Waals surface area contributed by atoms with Crippen molar-refractivity contribution in [2.24, 2.45) is 4.99 Å². The number of nitrogens with one attached hydrogen (secondary N) is 2. The van der Waals surface area contributed by atoms with Gasteiger partial charge in [0.25, 0.3) is 0 Å². The van der Waals surface area contributed by atoms with Crippen LogP contribution in [-0.4, -0.2) is 59.5 Å². The highest BCUT2D eigenvalue weighted by atomic mass is 127. The van der Waals surface area contributed by atoms with Crippen LogP contribution < -0.4 is 29.7 Å². The lowest BCUT2D eigenvalue weighted by Gasteiger charge is -2.33. The predicted octanol–water partition coefficient (Wildman–Crippen LogP) is 4.16. The number of piperidine rings is 1. The van der Waals surface area contributed by atoms with E-state index in [1.807, 2.05) is 23.5 Å². The minimum absolute atomic E-state index is 0. The highest BCUT2D eigenvalue weighted by Crippen LogP contribution is 2.39. The number of rotatable bonds is 9. The monoisotopic (exact) mass is 574 g/mol. The van der Waals surface area contributed by atoms with Crippen LogP contribution in [0.5, 0.6) is 17.2 Å². The molecule has 1 saturated heterocycles. The summed E-state index contributed by atoms with van der Waals surface area (Å²) in [6.07, 6.45) is 2.95. The highest BCUT2D eigenvalue weighted by molar-refractivity contribution is 14.0. The van der Waals surface area contributed by atoms with Gasteiger partial charge >= 0.3 is 0 Å². The van der Waals surface area contributed by atoms with E-state index in [-0.39, 0.29) is 24.0 Å². The van der Waals surface area contributed by atoms with Gasteiger partial charge in [0.05, 0.1) is 26.3 Å². The second-order valence-corrected chi connectivity index (χ2v) is 8.29. The van der Waals surface area contributed by atoms with Crippen molar-refractivity contribution < 1.29 is 14.2 Å². The first-order chi connectivity index (χ1) is 15.2. The number of hydrogen-bond donors (Lipinski definition) is 2.